The van der Waals surface area contributed by atoms with Gasteiger partial charge in [-0.1, -0.05) is 0 Å². The first kappa shape index (κ1) is 18.8. The standard InChI is InChI=1S/C16H13F3N4O3S/c1-23(7-11-21-10-4-6-27-12(10)13(24)22-11)15(25)9-3-2-5-20-14(9)26-8-16(17,18)19/h2-6H,7-8H2,1H3,(H,21,22,24). The lowest BCUT2D eigenvalue weighted by Crippen LogP contribution is -2.29. The zero-order valence-electron chi connectivity index (χ0n) is 13.9. The van der Waals surface area contributed by atoms with Gasteiger partial charge in [-0.3, -0.25) is 9.59 Å². The molecule has 0 aromatic carbocycles. The molecule has 0 saturated heterocycles. The lowest BCUT2D eigenvalue weighted by atomic mass is 10.2. The van der Waals surface area contributed by atoms with E-state index in [9.17, 15) is 22.8 Å². The van der Waals surface area contributed by atoms with Gasteiger partial charge in [0.05, 0.1) is 12.1 Å². The van der Waals surface area contributed by atoms with Gasteiger partial charge in [-0.2, -0.15) is 13.2 Å². The Bertz CT molecular complexity index is 1030. The minimum absolute atomic E-state index is 0.0481. The molecule has 0 aliphatic carbocycles. The van der Waals surface area contributed by atoms with Crippen LogP contribution in [0.1, 0.15) is 16.2 Å². The first-order valence-corrected chi connectivity index (χ1v) is 8.49. The Morgan fingerprint density at radius 3 is 2.89 bits per heavy atom. The molecule has 0 atom stereocenters. The SMILES string of the molecule is CN(Cc1nc2ccsc2c(=O)[nH]1)C(=O)c1cccnc1OCC(F)(F)F. The first-order chi connectivity index (χ1) is 12.7. The summed E-state index contributed by atoms with van der Waals surface area (Å²) in [6.45, 7) is -1.61. The second-order valence-electron chi connectivity index (χ2n) is 5.57. The lowest BCUT2D eigenvalue weighted by Gasteiger charge is -2.18. The fourth-order valence-electron chi connectivity index (χ4n) is 2.32. The number of alkyl halides is 3. The summed E-state index contributed by atoms with van der Waals surface area (Å²) in [5, 5.41) is 1.73. The number of hydrogen-bond acceptors (Lipinski definition) is 6. The number of carbonyl (C=O) groups is 1. The number of H-pyrrole nitrogens is 1. The third kappa shape index (κ3) is 4.42. The maximum absolute atomic E-state index is 12.6. The molecule has 0 saturated carbocycles. The van der Waals surface area contributed by atoms with Crippen molar-refractivity contribution < 1.29 is 22.7 Å². The van der Waals surface area contributed by atoms with Gasteiger partial charge >= 0.3 is 6.18 Å². The fourth-order valence-corrected chi connectivity index (χ4v) is 3.04. The number of hydrogen-bond donors (Lipinski definition) is 1. The topological polar surface area (TPSA) is 88.2 Å². The number of aromatic amines is 1. The Morgan fingerprint density at radius 1 is 1.37 bits per heavy atom. The van der Waals surface area contributed by atoms with Gasteiger partial charge in [0.1, 0.15) is 16.1 Å². The van der Waals surface area contributed by atoms with Crippen molar-refractivity contribution in [2.75, 3.05) is 13.7 Å². The van der Waals surface area contributed by atoms with E-state index < -0.39 is 24.6 Å². The fraction of sp³-hybridized carbons (Fsp3) is 0.250. The van der Waals surface area contributed by atoms with Crippen LogP contribution in [0.5, 0.6) is 5.88 Å². The van der Waals surface area contributed by atoms with Gasteiger partial charge in [0.15, 0.2) is 6.61 Å². The van der Waals surface area contributed by atoms with Crippen molar-refractivity contribution in [1.29, 1.82) is 0 Å². The third-order valence-electron chi connectivity index (χ3n) is 3.47. The number of fused-ring (bicyclic) bond motifs is 1. The van der Waals surface area contributed by atoms with Gasteiger partial charge in [0.25, 0.3) is 11.5 Å². The molecule has 1 amide bonds. The maximum Gasteiger partial charge on any atom is 0.422 e. The molecule has 1 N–H and O–H groups in total. The number of halogens is 3. The molecule has 0 aliphatic rings. The summed E-state index contributed by atoms with van der Waals surface area (Å²) < 4.78 is 42.2. The van der Waals surface area contributed by atoms with Crippen LogP contribution in [0.2, 0.25) is 0 Å². The number of aromatic nitrogens is 3. The normalized spacial score (nSPS) is 11.6. The first-order valence-electron chi connectivity index (χ1n) is 7.61. The molecule has 0 aliphatic heterocycles. The van der Waals surface area contributed by atoms with E-state index in [1.54, 1.807) is 11.4 Å². The van der Waals surface area contributed by atoms with Crippen molar-refractivity contribution >= 4 is 27.5 Å². The van der Waals surface area contributed by atoms with Gasteiger partial charge in [0, 0.05) is 13.2 Å². The average Bonchev–Trinajstić information content (AvgIpc) is 3.08. The van der Waals surface area contributed by atoms with Crippen LogP contribution in [0.25, 0.3) is 10.2 Å². The van der Waals surface area contributed by atoms with Crippen molar-refractivity contribution in [2.24, 2.45) is 0 Å². The van der Waals surface area contributed by atoms with Crippen LogP contribution in [0, 0.1) is 0 Å². The van der Waals surface area contributed by atoms with Crippen molar-refractivity contribution in [1.82, 2.24) is 19.9 Å². The molecule has 0 bridgehead atoms. The average molecular weight is 398 g/mol. The molecule has 3 rings (SSSR count). The van der Waals surface area contributed by atoms with E-state index in [-0.39, 0.29) is 23.5 Å². The van der Waals surface area contributed by atoms with E-state index in [0.717, 1.165) is 0 Å². The third-order valence-corrected chi connectivity index (χ3v) is 4.37. The second kappa shape index (κ2) is 7.35. The number of thiophene rings is 1. The highest BCUT2D eigenvalue weighted by molar-refractivity contribution is 7.17. The van der Waals surface area contributed by atoms with E-state index in [2.05, 4.69) is 19.7 Å². The Balaban J connectivity index is 1.79. The Kier molecular flexibility index (Phi) is 5.13. The van der Waals surface area contributed by atoms with Crippen molar-refractivity contribution in [2.45, 2.75) is 12.7 Å². The predicted octanol–water partition coefficient (Wildman–Crippen LogP) is 2.59. The molecule has 0 fully saturated rings. The van der Waals surface area contributed by atoms with Crippen LogP contribution in [0.15, 0.2) is 34.6 Å². The highest BCUT2D eigenvalue weighted by atomic mass is 32.1. The van der Waals surface area contributed by atoms with Crippen LogP contribution in [0.3, 0.4) is 0 Å². The Hall–Kier alpha value is -2.95. The molecule has 3 aromatic heterocycles. The molecule has 0 spiro atoms. The monoisotopic (exact) mass is 398 g/mol. The summed E-state index contributed by atoms with van der Waals surface area (Å²) in [6.07, 6.45) is -3.32. The highest BCUT2D eigenvalue weighted by Crippen LogP contribution is 2.21. The molecule has 0 radical (unpaired) electrons. The summed E-state index contributed by atoms with van der Waals surface area (Å²) in [4.78, 5) is 36.3. The number of pyridine rings is 1. The summed E-state index contributed by atoms with van der Waals surface area (Å²) in [5.74, 6) is -0.779. The summed E-state index contributed by atoms with van der Waals surface area (Å²) in [7, 11) is 1.43. The van der Waals surface area contributed by atoms with Crippen LogP contribution in [0.4, 0.5) is 13.2 Å². The summed E-state index contributed by atoms with van der Waals surface area (Å²) in [6, 6.07) is 4.42. The molecule has 27 heavy (non-hydrogen) atoms. The van der Waals surface area contributed by atoms with E-state index in [1.165, 1.54) is 41.6 Å². The molecule has 7 nitrogen and oxygen atoms in total. The summed E-state index contributed by atoms with van der Waals surface area (Å²) in [5.41, 5.74) is 0.0693. The van der Waals surface area contributed by atoms with Crippen LogP contribution < -0.4 is 10.3 Å². The predicted molar refractivity (Wildman–Crippen MR) is 91.8 cm³/mol. The van der Waals surface area contributed by atoms with E-state index >= 15 is 0 Å². The number of nitrogens with zero attached hydrogens (tertiary/aromatic N) is 3. The maximum atomic E-state index is 12.6. The van der Waals surface area contributed by atoms with Gasteiger partial charge in [-0.05, 0) is 23.6 Å². The van der Waals surface area contributed by atoms with Gasteiger partial charge in [0.2, 0.25) is 5.88 Å². The van der Waals surface area contributed by atoms with Crippen LogP contribution >= 0.6 is 11.3 Å². The van der Waals surface area contributed by atoms with Crippen molar-refractivity contribution in [3.8, 4) is 5.88 Å². The minimum Gasteiger partial charge on any atom is -0.467 e. The smallest absolute Gasteiger partial charge is 0.422 e. The quantitative estimate of drug-likeness (QED) is 0.714. The van der Waals surface area contributed by atoms with E-state index in [0.29, 0.717) is 10.2 Å². The number of amides is 1. The molecular formula is C16H13F3N4O3S. The van der Waals surface area contributed by atoms with Gasteiger partial charge in [-0.15, -0.1) is 11.3 Å². The van der Waals surface area contributed by atoms with Gasteiger partial charge in [-0.25, -0.2) is 9.97 Å². The van der Waals surface area contributed by atoms with Crippen LogP contribution in [-0.2, 0) is 6.54 Å². The molecule has 3 aromatic rings. The molecular weight excluding hydrogens is 385 g/mol. The minimum atomic E-state index is -4.55. The Morgan fingerprint density at radius 2 is 2.15 bits per heavy atom. The molecule has 3 heterocycles. The number of rotatable bonds is 5. The highest BCUT2D eigenvalue weighted by Gasteiger charge is 2.30. The van der Waals surface area contributed by atoms with Gasteiger partial charge < -0.3 is 14.6 Å². The van der Waals surface area contributed by atoms with Crippen molar-refractivity contribution in [3.63, 3.8) is 0 Å². The number of nitrogens with one attached hydrogen (secondary N) is 1. The van der Waals surface area contributed by atoms with Crippen LogP contribution in [-0.4, -0.2) is 45.6 Å². The molecule has 0 unspecified atom stereocenters. The largest absolute Gasteiger partial charge is 0.467 e. The van der Waals surface area contributed by atoms with E-state index in [4.69, 9.17) is 0 Å². The Labute approximate surface area is 154 Å². The second-order valence-corrected chi connectivity index (χ2v) is 6.48. The summed E-state index contributed by atoms with van der Waals surface area (Å²) >= 11 is 1.25. The number of ether oxygens (including phenoxy) is 1. The molecule has 11 heteroatoms. The lowest BCUT2D eigenvalue weighted by molar-refractivity contribution is -0.154. The van der Waals surface area contributed by atoms with Crippen molar-refractivity contribution in [3.05, 3.63) is 51.5 Å². The zero-order valence-corrected chi connectivity index (χ0v) is 14.7. The number of carbonyl (C=O) groups excluding carboxylic acids is 1. The van der Waals surface area contributed by atoms with E-state index in [1.807, 2.05) is 0 Å². The molecule has 142 valence electrons. The zero-order chi connectivity index (χ0) is 19.6.